The summed E-state index contributed by atoms with van der Waals surface area (Å²) in [5, 5.41) is 5.37. The third kappa shape index (κ3) is 6.62. The summed E-state index contributed by atoms with van der Waals surface area (Å²) in [7, 11) is -1.96. The van der Waals surface area contributed by atoms with E-state index < -0.39 is 10.0 Å². The molecule has 0 amide bonds. The van der Waals surface area contributed by atoms with Crippen LogP contribution in [-0.2, 0) is 16.4 Å². The summed E-state index contributed by atoms with van der Waals surface area (Å²) >= 11 is 1.40. The summed E-state index contributed by atoms with van der Waals surface area (Å²) in [4.78, 5) is 5.87. The number of aryl methyl sites for hydroxylation is 1. The Morgan fingerprint density at radius 1 is 1.03 bits per heavy atom. The van der Waals surface area contributed by atoms with Crippen LogP contribution in [0.4, 0.5) is 5.69 Å². The number of rotatable bonds is 10. The fourth-order valence-electron chi connectivity index (χ4n) is 4.04. The molecule has 0 saturated carbocycles. The lowest BCUT2D eigenvalue weighted by Gasteiger charge is -2.36. The van der Waals surface area contributed by atoms with Crippen LogP contribution >= 0.6 is 11.8 Å². The predicted octanol–water partition coefficient (Wildman–Crippen LogP) is 3.60. The summed E-state index contributed by atoms with van der Waals surface area (Å²) in [5.41, 5.74) is 2.21. The van der Waals surface area contributed by atoms with Crippen LogP contribution in [0, 0.1) is 0 Å². The van der Waals surface area contributed by atoms with Crippen molar-refractivity contribution >= 4 is 27.5 Å². The number of unbranched alkanes of at least 4 members (excludes halogenated alkanes) is 2. The van der Waals surface area contributed by atoms with Gasteiger partial charge in [-0.1, -0.05) is 24.6 Å². The van der Waals surface area contributed by atoms with E-state index in [0.29, 0.717) is 4.90 Å². The highest BCUT2D eigenvalue weighted by Crippen LogP contribution is 2.28. The van der Waals surface area contributed by atoms with Gasteiger partial charge in [-0.05, 0) is 61.9 Å². The Labute approximate surface area is 190 Å². The quantitative estimate of drug-likeness (QED) is 0.429. The van der Waals surface area contributed by atoms with Gasteiger partial charge in [0.05, 0.1) is 17.7 Å². The Morgan fingerprint density at radius 2 is 1.77 bits per heavy atom. The van der Waals surface area contributed by atoms with Crippen LogP contribution < -0.4 is 14.8 Å². The Morgan fingerprint density at radius 3 is 2.45 bits per heavy atom. The van der Waals surface area contributed by atoms with Crippen molar-refractivity contribution in [2.75, 3.05) is 51.0 Å². The topological polar surface area (TPSA) is 75.9 Å². The number of methoxy groups -OCH3 is 1. The highest BCUT2D eigenvalue weighted by atomic mass is 32.2. The maximum absolute atomic E-state index is 11.8. The molecule has 1 aliphatic heterocycles. The Hall–Kier alpha value is -1.74. The van der Waals surface area contributed by atoms with Crippen molar-refractivity contribution in [2.24, 2.45) is 5.14 Å². The molecule has 1 saturated heterocycles. The first kappa shape index (κ1) is 23.9. The number of ether oxygens (including phenoxy) is 1. The van der Waals surface area contributed by atoms with Crippen LogP contribution in [0.3, 0.4) is 0 Å². The second kappa shape index (κ2) is 11.2. The van der Waals surface area contributed by atoms with E-state index in [2.05, 4.69) is 21.9 Å². The van der Waals surface area contributed by atoms with Gasteiger partial charge in [0.25, 0.3) is 0 Å². The van der Waals surface area contributed by atoms with E-state index in [1.807, 2.05) is 30.5 Å². The summed E-state index contributed by atoms with van der Waals surface area (Å²) in [5.74, 6) is 0.937. The van der Waals surface area contributed by atoms with Gasteiger partial charge in [-0.15, -0.1) is 11.8 Å². The lowest BCUT2D eigenvalue weighted by Crippen LogP contribution is -2.46. The number of hydrogen-bond acceptors (Lipinski definition) is 6. The highest BCUT2D eigenvalue weighted by molar-refractivity contribution is 7.99. The number of para-hydroxylation sites is 2. The average Bonchev–Trinajstić information content (AvgIpc) is 2.78. The van der Waals surface area contributed by atoms with Gasteiger partial charge in [0.2, 0.25) is 10.0 Å². The molecule has 1 heterocycles. The third-order valence-electron chi connectivity index (χ3n) is 5.77. The minimum atomic E-state index is -3.69. The first-order chi connectivity index (χ1) is 14.9. The molecule has 0 radical (unpaired) electrons. The number of piperazine rings is 1. The molecule has 2 N–H and O–H groups in total. The van der Waals surface area contributed by atoms with Gasteiger partial charge in [-0.2, -0.15) is 0 Å². The number of anilines is 1. The molecule has 6 nitrogen and oxygen atoms in total. The Balaban J connectivity index is 1.40. The number of nitrogens with zero attached hydrogens (tertiary/aromatic N) is 2. The van der Waals surface area contributed by atoms with Crippen molar-refractivity contribution in [1.29, 1.82) is 0 Å². The zero-order valence-corrected chi connectivity index (χ0v) is 20.1. The van der Waals surface area contributed by atoms with Crippen LogP contribution in [0.25, 0.3) is 0 Å². The summed E-state index contributed by atoms with van der Waals surface area (Å²) in [6.07, 6.45) is 6.06. The molecule has 2 aromatic carbocycles. The van der Waals surface area contributed by atoms with E-state index in [1.165, 1.54) is 17.4 Å². The molecule has 0 aromatic heterocycles. The molecule has 1 aliphatic rings. The summed E-state index contributed by atoms with van der Waals surface area (Å²) in [6, 6.07) is 13.8. The van der Waals surface area contributed by atoms with Crippen molar-refractivity contribution in [2.45, 2.75) is 35.5 Å². The van der Waals surface area contributed by atoms with Crippen molar-refractivity contribution in [3.63, 3.8) is 0 Å². The molecule has 1 fully saturated rings. The first-order valence-corrected chi connectivity index (χ1v) is 13.5. The Kier molecular flexibility index (Phi) is 8.66. The minimum absolute atomic E-state index is 0.241. The molecular formula is C23H33N3O3S2. The van der Waals surface area contributed by atoms with Gasteiger partial charge < -0.3 is 9.64 Å². The van der Waals surface area contributed by atoms with E-state index in [-0.39, 0.29) is 4.90 Å². The fourth-order valence-corrected chi connectivity index (χ4v) is 5.77. The zero-order valence-electron chi connectivity index (χ0n) is 18.4. The van der Waals surface area contributed by atoms with Crippen molar-refractivity contribution in [1.82, 2.24) is 4.90 Å². The molecule has 0 atom stereocenters. The van der Waals surface area contributed by atoms with Gasteiger partial charge in [-0.3, -0.25) is 4.90 Å². The number of hydrogen-bond donors (Lipinski definition) is 1. The minimum Gasteiger partial charge on any atom is -0.495 e. The van der Waals surface area contributed by atoms with Crippen molar-refractivity contribution in [3.05, 3.63) is 48.0 Å². The number of nitrogens with two attached hydrogens (primary N) is 1. The standard InChI is InChI=1S/C23H33N3O3S2/c1-29-21-10-6-5-9-20(21)26-16-14-25(15-17-26)13-7-3-4-8-19-11-12-22(30-2)23(18-19)31(24,27)28/h5-6,9-12,18H,3-4,7-8,13-17H2,1-2H3,(H2,24,27,28). The molecule has 0 unspecified atom stereocenters. The molecule has 170 valence electrons. The van der Waals surface area contributed by atoms with Gasteiger partial charge in [0, 0.05) is 31.1 Å². The zero-order chi connectivity index (χ0) is 22.3. The SMILES string of the molecule is COc1ccccc1N1CCN(CCCCCc2ccc(SC)c(S(N)(=O)=O)c2)CC1. The van der Waals surface area contributed by atoms with Gasteiger partial charge >= 0.3 is 0 Å². The predicted molar refractivity (Wildman–Crippen MR) is 129 cm³/mol. The van der Waals surface area contributed by atoms with E-state index in [1.54, 1.807) is 13.2 Å². The van der Waals surface area contributed by atoms with Crippen LogP contribution in [-0.4, -0.2) is 59.4 Å². The van der Waals surface area contributed by atoms with Gasteiger partial charge in [0.1, 0.15) is 5.75 Å². The molecule has 8 heteroatoms. The molecule has 0 spiro atoms. The monoisotopic (exact) mass is 463 g/mol. The second-order valence-corrected chi connectivity index (χ2v) is 10.2. The average molecular weight is 464 g/mol. The summed E-state index contributed by atoms with van der Waals surface area (Å²) < 4.78 is 29.1. The molecule has 2 aromatic rings. The van der Waals surface area contributed by atoms with E-state index in [4.69, 9.17) is 9.88 Å². The van der Waals surface area contributed by atoms with E-state index in [9.17, 15) is 8.42 Å². The lowest BCUT2D eigenvalue weighted by molar-refractivity contribution is 0.251. The smallest absolute Gasteiger partial charge is 0.239 e. The maximum atomic E-state index is 11.8. The first-order valence-electron chi connectivity index (χ1n) is 10.7. The molecule has 3 rings (SSSR count). The fraction of sp³-hybridized carbons (Fsp3) is 0.478. The highest BCUT2D eigenvalue weighted by Gasteiger charge is 2.19. The number of primary sulfonamides is 1. The van der Waals surface area contributed by atoms with Crippen molar-refractivity contribution < 1.29 is 13.2 Å². The molecule has 0 bridgehead atoms. The molecule has 31 heavy (non-hydrogen) atoms. The lowest BCUT2D eigenvalue weighted by atomic mass is 10.1. The number of thioether (sulfide) groups is 1. The normalized spacial score (nSPS) is 15.3. The van der Waals surface area contributed by atoms with Gasteiger partial charge in [-0.25, -0.2) is 13.6 Å². The number of benzene rings is 2. The van der Waals surface area contributed by atoms with Crippen LogP contribution in [0.1, 0.15) is 24.8 Å². The Bertz CT molecular complexity index is 958. The van der Waals surface area contributed by atoms with Crippen molar-refractivity contribution in [3.8, 4) is 5.75 Å². The second-order valence-electron chi connectivity index (χ2n) is 7.84. The van der Waals surface area contributed by atoms with E-state index in [0.717, 1.165) is 69.7 Å². The maximum Gasteiger partial charge on any atom is 0.239 e. The third-order valence-corrected chi connectivity index (χ3v) is 7.65. The van der Waals surface area contributed by atoms with Gasteiger partial charge in [0.15, 0.2) is 0 Å². The summed E-state index contributed by atoms with van der Waals surface area (Å²) in [6.45, 7) is 5.25. The van der Waals surface area contributed by atoms with Crippen LogP contribution in [0.15, 0.2) is 52.3 Å². The molecule has 0 aliphatic carbocycles. The van der Waals surface area contributed by atoms with E-state index >= 15 is 0 Å². The number of sulfonamides is 1. The van der Waals surface area contributed by atoms with Crippen LogP contribution in [0.2, 0.25) is 0 Å². The largest absolute Gasteiger partial charge is 0.495 e. The molecular weight excluding hydrogens is 430 g/mol. The van der Waals surface area contributed by atoms with Crippen LogP contribution in [0.5, 0.6) is 5.75 Å².